The molecule has 0 atom stereocenters. The number of nitrogens with zero attached hydrogens (tertiary/aromatic N) is 3. The number of rotatable bonds is 6. The third-order valence-corrected chi connectivity index (χ3v) is 4.29. The van der Waals surface area contributed by atoms with Crippen molar-refractivity contribution in [2.75, 3.05) is 11.9 Å². The summed E-state index contributed by atoms with van der Waals surface area (Å²) in [7, 11) is 0. The number of aryl methyl sites for hydroxylation is 1. The largest absolute Gasteiger partial charge is 0.452 e. The molecule has 3 aromatic rings. The lowest BCUT2D eigenvalue weighted by molar-refractivity contribution is -0.119. The highest BCUT2D eigenvalue weighted by Crippen LogP contribution is 2.19. The SMILES string of the molecule is Cc1cc(Br)ccc1NC(=O)COC(=O)c1ccc(Cn2cncn2)cc1. The summed E-state index contributed by atoms with van der Waals surface area (Å²) >= 11 is 3.37. The summed E-state index contributed by atoms with van der Waals surface area (Å²) in [6, 6.07) is 12.4. The molecule has 0 aliphatic carbocycles. The van der Waals surface area contributed by atoms with Crippen LogP contribution in [-0.4, -0.2) is 33.2 Å². The number of esters is 1. The van der Waals surface area contributed by atoms with Crippen molar-refractivity contribution in [2.45, 2.75) is 13.5 Å². The summed E-state index contributed by atoms with van der Waals surface area (Å²) in [5.41, 5.74) is 2.94. The van der Waals surface area contributed by atoms with Gasteiger partial charge < -0.3 is 10.1 Å². The Kier molecular flexibility index (Phi) is 5.97. The number of carbonyl (C=O) groups excluding carboxylic acids is 2. The van der Waals surface area contributed by atoms with Gasteiger partial charge in [-0.05, 0) is 48.4 Å². The fourth-order valence-corrected chi connectivity index (χ4v) is 2.89. The highest BCUT2D eigenvalue weighted by molar-refractivity contribution is 9.10. The molecule has 0 aliphatic rings. The molecule has 8 heteroatoms. The van der Waals surface area contributed by atoms with Gasteiger partial charge in [0.2, 0.25) is 0 Å². The molecule has 27 heavy (non-hydrogen) atoms. The number of benzene rings is 2. The maximum atomic E-state index is 12.1. The fraction of sp³-hybridized carbons (Fsp3) is 0.158. The molecule has 1 heterocycles. The van der Waals surface area contributed by atoms with Crippen LogP contribution in [0, 0.1) is 6.92 Å². The maximum Gasteiger partial charge on any atom is 0.338 e. The molecule has 1 N–H and O–H groups in total. The quantitative estimate of drug-likeness (QED) is 0.609. The predicted molar refractivity (Wildman–Crippen MR) is 103 cm³/mol. The molecule has 0 bridgehead atoms. The van der Waals surface area contributed by atoms with Crippen molar-refractivity contribution in [3.63, 3.8) is 0 Å². The van der Waals surface area contributed by atoms with Gasteiger partial charge in [-0.2, -0.15) is 5.10 Å². The number of hydrogen-bond donors (Lipinski definition) is 1. The van der Waals surface area contributed by atoms with E-state index >= 15 is 0 Å². The smallest absolute Gasteiger partial charge is 0.338 e. The van der Waals surface area contributed by atoms with Gasteiger partial charge in [-0.15, -0.1) is 0 Å². The molecule has 0 unspecified atom stereocenters. The number of hydrogen-bond acceptors (Lipinski definition) is 5. The molecule has 138 valence electrons. The number of halogens is 1. The molecule has 0 saturated heterocycles. The topological polar surface area (TPSA) is 86.1 Å². The molecular weight excluding hydrogens is 412 g/mol. The lowest BCUT2D eigenvalue weighted by Crippen LogP contribution is -2.21. The minimum Gasteiger partial charge on any atom is -0.452 e. The average Bonchev–Trinajstić information content (AvgIpc) is 3.16. The summed E-state index contributed by atoms with van der Waals surface area (Å²) in [4.78, 5) is 28.0. The second-order valence-corrected chi connectivity index (χ2v) is 6.79. The zero-order valence-electron chi connectivity index (χ0n) is 14.6. The van der Waals surface area contributed by atoms with E-state index in [0.29, 0.717) is 17.8 Å². The molecule has 0 saturated carbocycles. The molecule has 1 aromatic heterocycles. The Morgan fingerprint density at radius 3 is 2.63 bits per heavy atom. The monoisotopic (exact) mass is 428 g/mol. The third kappa shape index (κ3) is 5.24. The Labute approximate surface area is 164 Å². The fourth-order valence-electron chi connectivity index (χ4n) is 2.42. The van der Waals surface area contributed by atoms with Gasteiger partial charge in [0.25, 0.3) is 5.91 Å². The first-order chi connectivity index (χ1) is 13.0. The van der Waals surface area contributed by atoms with E-state index in [-0.39, 0.29) is 6.61 Å². The van der Waals surface area contributed by atoms with Crippen LogP contribution in [0.15, 0.2) is 59.6 Å². The van der Waals surface area contributed by atoms with E-state index < -0.39 is 11.9 Å². The Balaban J connectivity index is 1.51. The molecule has 7 nitrogen and oxygen atoms in total. The van der Waals surface area contributed by atoms with E-state index in [2.05, 4.69) is 31.3 Å². The summed E-state index contributed by atoms with van der Waals surface area (Å²) in [5.74, 6) is -0.943. The second-order valence-electron chi connectivity index (χ2n) is 5.87. The minimum atomic E-state index is -0.551. The Bertz CT molecular complexity index is 940. The van der Waals surface area contributed by atoms with Crippen molar-refractivity contribution in [3.05, 3.63) is 76.3 Å². The zero-order valence-corrected chi connectivity index (χ0v) is 16.1. The number of ether oxygens (including phenoxy) is 1. The van der Waals surface area contributed by atoms with Crippen molar-refractivity contribution in [1.82, 2.24) is 14.8 Å². The van der Waals surface area contributed by atoms with Gasteiger partial charge in [0.15, 0.2) is 6.61 Å². The maximum absolute atomic E-state index is 12.1. The normalized spacial score (nSPS) is 10.4. The van der Waals surface area contributed by atoms with Crippen molar-refractivity contribution < 1.29 is 14.3 Å². The third-order valence-electron chi connectivity index (χ3n) is 3.80. The van der Waals surface area contributed by atoms with Crippen LogP contribution >= 0.6 is 15.9 Å². The van der Waals surface area contributed by atoms with Crippen LogP contribution in [-0.2, 0) is 16.1 Å². The summed E-state index contributed by atoms with van der Waals surface area (Å²) in [5, 5.41) is 6.76. The van der Waals surface area contributed by atoms with Crippen molar-refractivity contribution >= 4 is 33.5 Å². The number of anilines is 1. The van der Waals surface area contributed by atoms with Crippen LogP contribution in [0.3, 0.4) is 0 Å². The number of nitrogens with one attached hydrogen (secondary N) is 1. The highest BCUT2D eigenvalue weighted by Gasteiger charge is 2.11. The van der Waals surface area contributed by atoms with E-state index in [1.165, 1.54) is 6.33 Å². The van der Waals surface area contributed by atoms with Crippen LogP contribution in [0.25, 0.3) is 0 Å². The minimum absolute atomic E-state index is 0.352. The Morgan fingerprint density at radius 1 is 1.19 bits per heavy atom. The first-order valence-electron chi connectivity index (χ1n) is 8.16. The van der Waals surface area contributed by atoms with E-state index in [9.17, 15) is 9.59 Å². The summed E-state index contributed by atoms with van der Waals surface area (Å²) in [6.45, 7) is 2.09. The molecular formula is C19H17BrN4O3. The van der Waals surface area contributed by atoms with Crippen molar-refractivity contribution in [1.29, 1.82) is 0 Å². The van der Waals surface area contributed by atoms with Crippen LogP contribution in [0.1, 0.15) is 21.5 Å². The molecule has 3 rings (SSSR count). The molecule has 2 aromatic carbocycles. The molecule has 0 fully saturated rings. The lowest BCUT2D eigenvalue weighted by Gasteiger charge is -2.09. The van der Waals surface area contributed by atoms with Crippen LogP contribution in [0.5, 0.6) is 0 Å². The van der Waals surface area contributed by atoms with Gasteiger partial charge in [-0.1, -0.05) is 28.1 Å². The summed E-state index contributed by atoms with van der Waals surface area (Å²) in [6.07, 6.45) is 3.08. The van der Waals surface area contributed by atoms with Crippen molar-refractivity contribution in [2.24, 2.45) is 0 Å². The number of aromatic nitrogens is 3. The van der Waals surface area contributed by atoms with E-state index in [1.807, 2.05) is 31.2 Å². The Hall–Kier alpha value is -3.00. The van der Waals surface area contributed by atoms with Gasteiger partial charge in [0.1, 0.15) is 12.7 Å². The van der Waals surface area contributed by atoms with Gasteiger partial charge >= 0.3 is 5.97 Å². The standard InChI is InChI=1S/C19H17BrN4O3/c1-13-8-16(20)6-7-17(13)23-18(25)10-27-19(26)15-4-2-14(3-5-15)9-24-12-21-11-22-24/h2-8,11-12H,9-10H2,1H3,(H,23,25). The lowest BCUT2D eigenvalue weighted by atomic mass is 10.1. The Morgan fingerprint density at radius 2 is 1.96 bits per heavy atom. The van der Waals surface area contributed by atoms with Gasteiger partial charge in [0.05, 0.1) is 12.1 Å². The second kappa shape index (κ2) is 8.59. The molecule has 0 aliphatic heterocycles. The number of carbonyl (C=O) groups is 2. The van der Waals surface area contributed by atoms with E-state index in [4.69, 9.17) is 4.74 Å². The van der Waals surface area contributed by atoms with E-state index in [1.54, 1.807) is 29.2 Å². The van der Waals surface area contributed by atoms with Gasteiger partial charge in [0, 0.05) is 10.2 Å². The average molecular weight is 429 g/mol. The van der Waals surface area contributed by atoms with Crippen LogP contribution in [0.4, 0.5) is 5.69 Å². The molecule has 0 spiro atoms. The number of amides is 1. The van der Waals surface area contributed by atoms with E-state index in [0.717, 1.165) is 15.6 Å². The first kappa shape index (κ1) is 18.8. The van der Waals surface area contributed by atoms with Gasteiger partial charge in [-0.25, -0.2) is 14.5 Å². The first-order valence-corrected chi connectivity index (χ1v) is 8.95. The van der Waals surface area contributed by atoms with Gasteiger partial charge in [-0.3, -0.25) is 4.79 Å². The molecule has 0 radical (unpaired) electrons. The van der Waals surface area contributed by atoms with Crippen LogP contribution < -0.4 is 5.32 Å². The van der Waals surface area contributed by atoms with Crippen molar-refractivity contribution in [3.8, 4) is 0 Å². The highest BCUT2D eigenvalue weighted by atomic mass is 79.9. The van der Waals surface area contributed by atoms with Crippen LogP contribution in [0.2, 0.25) is 0 Å². The predicted octanol–water partition coefficient (Wildman–Crippen LogP) is 3.19. The zero-order chi connectivity index (χ0) is 19.2. The summed E-state index contributed by atoms with van der Waals surface area (Å²) < 4.78 is 7.69. The molecule has 1 amide bonds.